The number of nitrogens with one attached hydrogen (secondary N) is 1. The van der Waals surface area contributed by atoms with Gasteiger partial charge in [0.15, 0.2) is 0 Å². The zero-order valence-electron chi connectivity index (χ0n) is 11.8. The average Bonchev–Trinajstić information content (AvgIpc) is 2.36. The third-order valence-corrected chi connectivity index (χ3v) is 2.78. The summed E-state index contributed by atoms with van der Waals surface area (Å²) in [4.78, 5) is 0. The molecule has 0 aromatic heterocycles. The smallest absolute Gasteiger partial charge is 0.121 e. The van der Waals surface area contributed by atoms with E-state index in [0.717, 1.165) is 18.0 Å². The first kappa shape index (κ1) is 13.5. The summed E-state index contributed by atoms with van der Waals surface area (Å²) in [6.07, 6.45) is 0.201. The molecule has 0 radical (unpaired) electrons. The Morgan fingerprint density at radius 3 is 2.58 bits per heavy atom. The van der Waals surface area contributed by atoms with Gasteiger partial charge in [-0.05, 0) is 38.5 Å². The van der Waals surface area contributed by atoms with Crippen molar-refractivity contribution in [2.45, 2.75) is 33.4 Å². The molecule has 2 heteroatoms. The van der Waals surface area contributed by atoms with E-state index in [-0.39, 0.29) is 6.10 Å². The molecular weight excluding hydrogens is 234 g/mol. The maximum Gasteiger partial charge on any atom is 0.121 e. The molecule has 0 unspecified atom stereocenters. The molecule has 0 saturated heterocycles. The second kappa shape index (κ2) is 6.28. The van der Waals surface area contributed by atoms with Gasteiger partial charge < -0.3 is 10.1 Å². The molecular formula is C17H21NO. The molecule has 0 aliphatic carbocycles. The molecule has 100 valence electrons. The topological polar surface area (TPSA) is 21.3 Å². The zero-order valence-corrected chi connectivity index (χ0v) is 11.8. The minimum absolute atomic E-state index is 0.201. The third-order valence-electron chi connectivity index (χ3n) is 2.78. The van der Waals surface area contributed by atoms with Crippen LogP contribution in [-0.4, -0.2) is 6.10 Å². The molecule has 0 amide bonds. The maximum atomic E-state index is 5.69. The number of anilines is 1. The van der Waals surface area contributed by atoms with Gasteiger partial charge in [-0.1, -0.05) is 35.9 Å². The zero-order chi connectivity index (χ0) is 13.7. The van der Waals surface area contributed by atoms with Crippen molar-refractivity contribution in [2.24, 2.45) is 0 Å². The molecule has 0 spiro atoms. The van der Waals surface area contributed by atoms with E-state index in [2.05, 4.69) is 42.6 Å². The van der Waals surface area contributed by atoms with E-state index >= 15 is 0 Å². The van der Waals surface area contributed by atoms with E-state index in [9.17, 15) is 0 Å². The van der Waals surface area contributed by atoms with Crippen LogP contribution in [0.1, 0.15) is 25.0 Å². The number of hydrogen-bond acceptors (Lipinski definition) is 2. The van der Waals surface area contributed by atoms with Crippen LogP contribution in [0.2, 0.25) is 0 Å². The summed E-state index contributed by atoms with van der Waals surface area (Å²) >= 11 is 0. The lowest BCUT2D eigenvalue weighted by Crippen LogP contribution is -2.06. The number of rotatable bonds is 5. The highest BCUT2D eigenvalue weighted by atomic mass is 16.5. The molecule has 19 heavy (non-hydrogen) atoms. The number of ether oxygens (including phenoxy) is 1. The molecule has 0 aliphatic rings. The first-order valence-corrected chi connectivity index (χ1v) is 6.69. The van der Waals surface area contributed by atoms with Crippen LogP contribution in [0.4, 0.5) is 5.69 Å². The van der Waals surface area contributed by atoms with Gasteiger partial charge in [-0.3, -0.25) is 0 Å². The first-order valence-electron chi connectivity index (χ1n) is 6.69. The van der Waals surface area contributed by atoms with Crippen molar-refractivity contribution in [2.75, 3.05) is 5.32 Å². The van der Waals surface area contributed by atoms with Crippen LogP contribution in [-0.2, 0) is 6.54 Å². The second-order valence-corrected chi connectivity index (χ2v) is 5.04. The summed E-state index contributed by atoms with van der Waals surface area (Å²) in [7, 11) is 0. The minimum atomic E-state index is 0.201. The Hall–Kier alpha value is -1.96. The molecule has 0 heterocycles. The van der Waals surface area contributed by atoms with Crippen molar-refractivity contribution in [3.8, 4) is 5.75 Å². The lowest BCUT2D eigenvalue weighted by molar-refractivity contribution is 0.242. The van der Waals surface area contributed by atoms with E-state index < -0.39 is 0 Å². The van der Waals surface area contributed by atoms with Crippen molar-refractivity contribution in [3.63, 3.8) is 0 Å². The van der Waals surface area contributed by atoms with Crippen molar-refractivity contribution in [1.82, 2.24) is 0 Å². The Kier molecular flexibility index (Phi) is 4.45. The fraction of sp³-hybridized carbons (Fsp3) is 0.294. The van der Waals surface area contributed by atoms with Gasteiger partial charge in [-0.25, -0.2) is 0 Å². The molecule has 0 saturated carbocycles. The summed E-state index contributed by atoms with van der Waals surface area (Å²) in [6, 6.07) is 16.6. The first-order chi connectivity index (χ1) is 9.13. The maximum absolute atomic E-state index is 5.69. The van der Waals surface area contributed by atoms with Crippen LogP contribution in [0.5, 0.6) is 5.75 Å². The minimum Gasteiger partial charge on any atom is -0.491 e. The van der Waals surface area contributed by atoms with E-state index in [1.807, 2.05) is 32.0 Å². The summed E-state index contributed by atoms with van der Waals surface area (Å²) in [5.41, 5.74) is 3.66. The van der Waals surface area contributed by atoms with E-state index in [4.69, 9.17) is 4.74 Å². The number of hydrogen-bond donors (Lipinski definition) is 1. The fourth-order valence-corrected chi connectivity index (χ4v) is 1.98. The highest BCUT2D eigenvalue weighted by Crippen LogP contribution is 2.19. The predicted octanol–water partition coefficient (Wildman–Crippen LogP) is 4.39. The Bertz CT molecular complexity index is 534. The Balaban J connectivity index is 1.99. The van der Waals surface area contributed by atoms with E-state index in [1.165, 1.54) is 11.1 Å². The largest absolute Gasteiger partial charge is 0.491 e. The Morgan fingerprint density at radius 2 is 1.84 bits per heavy atom. The van der Waals surface area contributed by atoms with Gasteiger partial charge >= 0.3 is 0 Å². The van der Waals surface area contributed by atoms with Crippen LogP contribution in [0.15, 0.2) is 48.5 Å². The monoisotopic (exact) mass is 255 g/mol. The van der Waals surface area contributed by atoms with Crippen molar-refractivity contribution in [3.05, 3.63) is 59.7 Å². The number of benzene rings is 2. The van der Waals surface area contributed by atoms with Gasteiger partial charge in [0.05, 0.1) is 6.10 Å². The third kappa shape index (κ3) is 4.32. The average molecular weight is 255 g/mol. The Labute approximate surface area is 115 Å². The highest BCUT2D eigenvalue weighted by molar-refractivity contribution is 5.48. The van der Waals surface area contributed by atoms with Gasteiger partial charge in [-0.2, -0.15) is 0 Å². The van der Waals surface area contributed by atoms with Crippen LogP contribution in [0.25, 0.3) is 0 Å². The van der Waals surface area contributed by atoms with Crippen molar-refractivity contribution in [1.29, 1.82) is 0 Å². The molecule has 0 bridgehead atoms. The van der Waals surface area contributed by atoms with E-state index in [0.29, 0.717) is 0 Å². The molecule has 1 N–H and O–H groups in total. The summed E-state index contributed by atoms with van der Waals surface area (Å²) in [5.74, 6) is 0.907. The molecule has 0 atom stereocenters. The van der Waals surface area contributed by atoms with Gasteiger partial charge in [-0.15, -0.1) is 0 Å². The fourth-order valence-electron chi connectivity index (χ4n) is 1.98. The SMILES string of the molecule is Cc1cccc(CNc2cccc(OC(C)C)c2)c1. The van der Waals surface area contributed by atoms with Gasteiger partial charge in [0.25, 0.3) is 0 Å². The quantitative estimate of drug-likeness (QED) is 0.855. The molecule has 2 nitrogen and oxygen atoms in total. The summed E-state index contributed by atoms with van der Waals surface area (Å²) < 4.78 is 5.69. The molecule has 2 aromatic carbocycles. The van der Waals surface area contributed by atoms with Crippen LogP contribution in [0.3, 0.4) is 0 Å². The summed E-state index contributed by atoms with van der Waals surface area (Å²) in [5, 5.41) is 3.42. The highest BCUT2D eigenvalue weighted by Gasteiger charge is 1.99. The normalized spacial score (nSPS) is 10.5. The summed E-state index contributed by atoms with van der Waals surface area (Å²) in [6.45, 7) is 7.01. The molecule has 0 aliphatic heterocycles. The number of aryl methyl sites for hydroxylation is 1. The predicted molar refractivity (Wildman–Crippen MR) is 80.7 cm³/mol. The van der Waals surface area contributed by atoms with Crippen LogP contribution in [0, 0.1) is 6.92 Å². The van der Waals surface area contributed by atoms with Crippen molar-refractivity contribution < 1.29 is 4.74 Å². The van der Waals surface area contributed by atoms with Crippen LogP contribution >= 0.6 is 0 Å². The van der Waals surface area contributed by atoms with Crippen LogP contribution < -0.4 is 10.1 Å². The van der Waals surface area contributed by atoms with Gasteiger partial charge in [0.1, 0.15) is 5.75 Å². The standard InChI is InChI=1S/C17H21NO/c1-13(2)19-17-9-5-8-16(11-17)18-12-15-7-4-6-14(3)10-15/h4-11,13,18H,12H2,1-3H3. The molecule has 2 rings (SSSR count). The lowest BCUT2D eigenvalue weighted by Gasteiger charge is -2.12. The van der Waals surface area contributed by atoms with E-state index in [1.54, 1.807) is 0 Å². The lowest BCUT2D eigenvalue weighted by atomic mass is 10.1. The van der Waals surface area contributed by atoms with Gasteiger partial charge in [0.2, 0.25) is 0 Å². The van der Waals surface area contributed by atoms with Gasteiger partial charge in [0, 0.05) is 18.3 Å². The molecule has 2 aromatic rings. The Morgan fingerprint density at radius 1 is 1.05 bits per heavy atom. The molecule has 0 fully saturated rings. The van der Waals surface area contributed by atoms with Crippen molar-refractivity contribution >= 4 is 5.69 Å². The second-order valence-electron chi connectivity index (χ2n) is 5.04.